The highest BCUT2D eigenvalue weighted by atomic mass is 16.5. The predicted molar refractivity (Wildman–Crippen MR) is 129 cm³/mol. The Morgan fingerprint density at radius 1 is 1.12 bits per heavy atom. The molecule has 2 aliphatic rings. The normalized spacial score (nSPS) is 21.2. The third-order valence-electron chi connectivity index (χ3n) is 6.75. The summed E-state index contributed by atoms with van der Waals surface area (Å²) in [5, 5.41) is 2.29. The molecule has 4 amide bonds. The molecular weight excluding hydrogens is 418 g/mol. The molecule has 1 N–H and O–H groups in total. The van der Waals surface area contributed by atoms with Crippen molar-refractivity contribution in [3.63, 3.8) is 0 Å². The molecule has 1 saturated heterocycles. The number of ether oxygens (including phenoxy) is 1. The molecule has 7 heteroatoms. The third-order valence-corrected chi connectivity index (χ3v) is 6.75. The minimum absolute atomic E-state index is 0.0390. The fraction of sp³-hybridized carbons (Fsp3) is 0.346. The van der Waals surface area contributed by atoms with Crippen LogP contribution in [0.15, 0.2) is 42.0 Å². The zero-order valence-corrected chi connectivity index (χ0v) is 19.9. The van der Waals surface area contributed by atoms with E-state index in [4.69, 9.17) is 4.74 Å². The van der Waals surface area contributed by atoms with Crippen LogP contribution in [0.2, 0.25) is 0 Å². The number of carbonyl (C=O) groups excluding carboxylic acids is 3. The van der Waals surface area contributed by atoms with Gasteiger partial charge in [0.2, 0.25) is 0 Å². The fourth-order valence-corrected chi connectivity index (χ4v) is 4.67. The average molecular weight is 448 g/mol. The smallest absolute Gasteiger partial charge is 0.335 e. The number of rotatable bonds is 3. The van der Waals surface area contributed by atoms with E-state index in [9.17, 15) is 14.4 Å². The second-order valence-corrected chi connectivity index (χ2v) is 9.40. The van der Waals surface area contributed by atoms with Gasteiger partial charge in [0.15, 0.2) is 0 Å². The Morgan fingerprint density at radius 3 is 2.42 bits per heavy atom. The fourth-order valence-electron chi connectivity index (χ4n) is 4.67. The lowest BCUT2D eigenvalue weighted by Crippen LogP contribution is -2.54. The van der Waals surface area contributed by atoms with Gasteiger partial charge in [-0.25, -0.2) is 9.69 Å². The van der Waals surface area contributed by atoms with E-state index >= 15 is 0 Å². The van der Waals surface area contributed by atoms with Crippen LogP contribution in [0.1, 0.15) is 49.8 Å². The molecule has 0 aliphatic carbocycles. The number of barbiturate groups is 1. The molecule has 2 aromatic rings. The zero-order chi connectivity index (χ0) is 24.1. The van der Waals surface area contributed by atoms with Gasteiger partial charge >= 0.3 is 6.03 Å². The van der Waals surface area contributed by atoms with Crippen LogP contribution < -0.4 is 19.9 Å². The number of hydrogen-bond acceptors (Lipinski definition) is 5. The highest BCUT2D eigenvalue weighted by molar-refractivity contribution is 6.39. The van der Waals surface area contributed by atoms with Crippen molar-refractivity contribution in [2.24, 2.45) is 0 Å². The van der Waals surface area contributed by atoms with Gasteiger partial charge < -0.3 is 9.64 Å². The van der Waals surface area contributed by atoms with Crippen molar-refractivity contribution in [1.82, 2.24) is 5.32 Å². The van der Waals surface area contributed by atoms with Crippen LogP contribution in [0.25, 0.3) is 6.08 Å². The van der Waals surface area contributed by atoms with E-state index in [1.54, 1.807) is 30.3 Å². The Labute approximate surface area is 194 Å². The van der Waals surface area contributed by atoms with Gasteiger partial charge in [-0.15, -0.1) is 0 Å². The lowest BCUT2D eigenvalue weighted by Gasteiger charge is -2.45. The van der Waals surface area contributed by atoms with Crippen LogP contribution in [0.3, 0.4) is 0 Å². The van der Waals surface area contributed by atoms with Gasteiger partial charge in [-0.3, -0.25) is 14.9 Å². The van der Waals surface area contributed by atoms with Crippen molar-refractivity contribution in [3.8, 4) is 5.75 Å². The van der Waals surface area contributed by atoms with Crippen molar-refractivity contribution in [2.45, 2.75) is 45.6 Å². The summed E-state index contributed by atoms with van der Waals surface area (Å²) in [7, 11) is 3.63. The van der Waals surface area contributed by atoms with E-state index in [0.717, 1.165) is 28.1 Å². The van der Waals surface area contributed by atoms with Crippen LogP contribution in [0.4, 0.5) is 16.2 Å². The standard InChI is InChI=1S/C26H29N3O4/c1-15-11-22-20(16(2)14-26(3,4)28(22)5)12-17(15)13-21-23(30)27-25(32)29(24(21)31)18-7-9-19(33-6)10-8-18/h7-13,16H,14H2,1-6H3,(H,27,30,32)/b21-13+/t16-/m1/s1. The Balaban J connectivity index is 1.75. The van der Waals surface area contributed by atoms with Crippen LogP contribution >= 0.6 is 0 Å². The van der Waals surface area contributed by atoms with Crippen LogP contribution in [0.5, 0.6) is 5.75 Å². The van der Waals surface area contributed by atoms with Gasteiger partial charge in [0.05, 0.1) is 12.8 Å². The number of benzene rings is 2. The summed E-state index contributed by atoms with van der Waals surface area (Å²) in [5.74, 6) is -0.421. The van der Waals surface area contributed by atoms with Crippen molar-refractivity contribution < 1.29 is 19.1 Å². The second kappa shape index (κ2) is 8.06. The molecule has 2 aliphatic heterocycles. The molecule has 0 unspecified atom stereocenters. The first-order valence-corrected chi connectivity index (χ1v) is 11.0. The second-order valence-electron chi connectivity index (χ2n) is 9.40. The number of fused-ring (bicyclic) bond motifs is 1. The first kappa shape index (κ1) is 22.6. The molecule has 2 aromatic carbocycles. The van der Waals surface area contributed by atoms with Gasteiger partial charge in [0, 0.05) is 18.3 Å². The molecule has 0 saturated carbocycles. The lowest BCUT2D eigenvalue weighted by molar-refractivity contribution is -0.122. The molecule has 2 heterocycles. The molecular formula is C26H29N3O4. The average Bonchev–Trinajstić information content (AvgIpc) is 2.75. The van der Waals surface area contributed by atoms with Crippen molar-refractivity contribution in [1.29, 1.82) is 0 Å². The molecule has 4 rings (SSSR count). The number of nitrogens with one attached hydrogen (secondary N) is 1. The van der Waals surface area contributed by atoms with Gasteiger partial charge in [-0.2, -0.15) is 0 Å². The van der Waals surface area contributed by atoms with Crippen molar-refractivity contribution in [3.05, 3.63) is 58.7 Å². The minimum atomic E-state index is -0.771. The summed E-state index contributed by atoms with van der Waals surface area (Å²) in [6, 6.07) is 9.91. The first-order chi connectivity index (χ1) is 15.5. The molecule has 172 valence electrons. The maximum absolute atomic E-state index is 13.2. The largest absolute Gasteiger partial charge is 0.497 e. The topological polar surface area (TPSA) is 79.0 Å². The van der Waals surface area contributed by atoms with Gasteiger partial charge in [-0.1, -0.05) is 6.92 Å². The predicted octanol–water partition coefficient (Wildman–Crippen LogP) is 4.39. The number of anilines is 2. The van der Waals surface area contributed by atoms with Crippen LogP contribution in [-0.2, 0) is 9.59 Å². The summed E-state index contributed by atoms with van der Waals surface area (Å²) in [5.41, 5.74) is 4.40. The Bertz CT molecular complexity index is 1180. The van der Waals surface area contributed by atoms with E-state index in [2.05, 4.69) is 50.2 Å². The summed E-state index contributed by atoms with van der Waals surface area (Å²) < 4.78 is 5.14. The molecule has 0 spiro atoms. The SMILES string of the molecule is COc1ccc(N2C(=O)NC(=O)/C(=C\c3cc4c(cc3C)N(C)C(C)(C)C[C@H]4C)C2=O)cc1. The number of methoxy groups -OCH3 is 1. The first-order valence-electron chi connectivity index (χ1n) is 11.0. The molecule has 1 atom stereocenters. The maximum atomic E-state index is 13.2. The monoisotopic (exact) mass is 447 g/mol. The van der Waals surface area contributed by atoms with Crippen LogP contribution in [0, 0.1) is 6.92 Å². The minimum Gasteiger partial charge on any atom is -0.497 e. The van der Waals surface area contributed by atoms with E-state index in [-0.39, 0.29) is 11.1 Å². The number of carbonyl (C=O) groups is 3. The third kappa shape index (κ3) is 3.88. The summed E-state index contributed by atoms with van der Waals surface area (Å²) in [4.78, 5) is 41.6. The van der Waals surface area contributed by atoms with Crippen molar-refractivity contribution in [2.75, 3.05) is 24.0 Å². The van der Waals surface area contributed by atoms with E-state index in [1.165, 1.54) is 12.7 Å². The van der Waals surface area contributed by atoms with Crippen LogP contribution in [-0.4, -0.2) is 37.5 Å². The van der Waals surface area contributed by atoms with Gasteiger partial charge in [0.1, 0.15) is 11.3 Å². The summed E-state index contributed by atoms with van der Waals surface area (Å²) in [6.45, 7) is 8.62. The Morgan fingerprint density at radius 2 is 1.79 bits per heavy atom. The van der Waals surface area contributed by atoms with Crippen molar-refractivity contribution >= 4 is 35.3 Å². The highest BCUT2D eigenvalue weighted by Crippen LogP contribution is 2.43. The molecule has 33 heavy (non-hydrogen) atoms. The molecule has 7 nitrogen and oxygen atoms in total. The van der Waals surface area contributed by atoms with Gasteiger partial charge in [-0.05, 0) is 92.3 Å². The Kier molecular flexibility index (Phi) is 5.52. The number of aryl methyl sites for hydroxylation is 1. The van der Waals surface area contributed by atoms with E-state index < -0.39 is 17.8 Å². The molecule has 1 fully saturated rings. The number of hydrogen-bond donors (Lipinski definition) is 1. The number of amides is 4. The Hall–Kier alpha value is -3.61. The summed E-state index contributed by atoms with van der Waals surface area (Å²) in [6.07, 6.45) is 2.58. The van der Waals surface area contributed by atoms with E-state index in [0.29, 0.717) is 17.4 Å². The summed E-state index contributed by atoms with van der Waals surface area (Å²) >= 11 is 0. The molecule has 0 radical (unpaired) electrons. The number of urea groups is 1. The zero-order valence-electron chi connectivity index (χ0n) is 19.9. The highest BCUT2D eigenvalue weighted by Gasteiger charge is 2.38. The van der Waals surface area contributed by atoms with Gasteiger partial charge in [0.25, 0.3) is 11.8 Å². The number of nitrogens with zero attached hydrogens (tertiary/aromatic N) is 2. The molecule has 0 aromatic heterocycles. The molecule has 0 bridgehead atoms. The maximum Gasteiger partial charge on any atom is 0.335 e. The van der Waals surface area contributed by atoms with E-state index in [1.807, 2.05) is 6.92 Å². The number of imide groups is 2. The lowest BCUT2D eigenvalue weighted by atomic mass is 9.79. The quantitative estimate of drug-likeness (QED) is 0.558.